The molecule has 0 radical (unpaired) electrons. The Labute approximate surface area is 155 Å². The Bertz CT molecular complexity index is 918. The molecule has 2 amide bonds. The van der Waals surface area contributed by atoms with E-state index in [2.05, 4.69) is 17.6 Å². The van der Waals surface area contributed by atoms with Crippen LogP contribution in [-0.2, 0) is 6.42 Å². The number of hydrogen-bond acceptors (Lipinski definition) is 3. The number of nitrogens with one attached hydrogen (secondary N) is 2. The molecular weight excluding hydrogens is 348 g/mol. The Morgan fingerprint density at radius 2 is 1.69 bits per heavy atom. The van der Waals surface area contributed by atoms with E-state index in [0.29, 0.717) is 16.3 Å². The highest BCUT2D eigenvalue weighted by Crippen LogP contribution is 2.35. The summed E-state index contributed by atoms with van der Waals surface area (Å²) in [6.07, 6.45) is 0.919. The van der Waals surface area contributed by atoms with Gasteiger partial charge in [0, 0.05) is 16.6 Å². The number of carboxylic acids is 1. The normalized spacial score (nSPS) is 10.3. The van der Waals surface area contributed by atoms with Crippen LogP contribution in [0.2, 0.25) is 0 Å². The van der Waals surface area contributed by atoms with Gasteiger partial charge in [-0.3, -0.25) is 5.32 Å². The second-order valence-corrected chi connectivity index (χ2v) is 6.53. The van der Waals surface area contributed by atoms with E-state index in [0.717, 1.165) is 12.0 Å². The van der Waals surface area contributed by atoms with E-state index in [4.69, 9.17) is 0 Å². The molecule has 0 aliphatic heterocycles. The third-order valence-electron chi connectivity index (χ3n) is 3.94. The zero-order chi connectivity index (χ0) is 18.5. The molecule has 0 saturated heterocycles. The third kappa shape index (κ3) is 3.92. The standard InChI is InChI=1S/C20H18N2O3S/c1-2-13-8-10-14(11-9-13)16-12-26-18(17(16)19(23)24)22-20(25)21-15-6-4-3-5-7-15/h3-12H,2H2,1H3,(H,23,24)(H2,21,22,25). The molecule has 0 bridgehead atoms. The van der Waals surface area contributed by atoms with Gasteiger partial charge in [-0.1, -0.05) is 49.4 Å². The fourth-order valence-corrected chi connectivity index (χ4v) is 3.54. The van der Waals surface area contributed by atoms with E-state index in [9.17, 15) is 14.7 Å². The van der Waals surface area contributed by atoms with Crippen molar-refractivity contribution in [1.82, 2.24) is 0 Å². The van der Waals surface area contributed by atoms with Crippen molar-refractivity contribution in [2.45, 2.75) is 13.3 Å². The van der Waals surface area contributed by atoms with Gasteiger partial charge in [0.2, 0.25) is 0 Å². The molecule has 1 heterocycles. The summed E-state index contributed by atoms with van der Waals surface area (Å²) in [4.78, 5) is 24.0. The van der Waals surface area contributed by atoms with Gasteiger partial charge < -0.3 is 10.4 Å². The molecule has 0 unspecified atom stereocenters. The van der Waals surface area contributed by atoms with Crippen LogP contribution in [-0.4, -0.2) is 17.1 Å². The highest BCUT2D eigenvalue weighted by Gasteiger charge is 2.21. The summed E-state index contributed by atoms with van der Waals surface area (Å²) in [6.45, 7) is 2.07. The predicted molar refractivity (Wildman–Crippen MR) is 105 cm³/mol. The van der Waals surface area contributed by atoms with Crippen LogP contribution in [0.3, 0.4) is 0 Å². The van der Waals surface area contributed by atoms with Crippen molar-refractivity contribution < 1.29 is 14.7 Å². The molecule has 5 nitrogen and oxygen atoms in total. The van der Waals surface area contributed by atoms with Crippen molar-refractivity contribution in [2.24, 2.45) is 0 Å². The number of para-hydroxylation sites is 1. The number of carboxylic acid groups (broad SMARTS) is 1. The number of rotatable bonds is 5. The van der Waals surface area contributed by atoms with Crippen molar-refractivity contribution in [3.63, 3.8) is 0 Å². The second-order valence-electron chi connectivity index (χ2n) is 5.65. The first-order valence-corrected chi connectivity index (χ1v) is 9.03. The van der Waals surface area contributed by atoms with E-state index in [1.54, 1.807) is 17.5 Å². The molecular formula is C20H18N2O3S. The van der Waals surface area contributed by atoms with Crippen molar-refractivity contribution in [3.05, 3.63) is 71.1 Å². The lowest BCUT2D eigenvalue weighted by Crippen LogP contribution is -2.20. The number of hydrogen-bond donors (Lipinski definition) is 3. The lowest BCUT2D eigenvalue weighted by Gasteiger charge is -2.08. The number of amides is 2. The highest BCUT2D eigenvalue weighted by molar-refractivity contribution is 7.15. The molecule has 0 aliphatic rings. The summed E-state index contributed by atoms with van der Waals surface area (Å²) < 4.78 is 0. The molecule has 3 N–H and O–H groups in total. The van der Waals surface area contributed by atoms with Gasteiger partial charge in [0.15, 0.2) is 0 Å². The average Bonchev–Trinajstić information content (AvgIpc) is 3.06. The molecule has 0 spiro atoms. The number of carbonyl (C=O) groups is 2. The molecule has 0 atom stereocenters. The van der Waals surface area contributed by atoms with Gasteiger partial charge in [-0.25, -0.2) is 9.59 Å². The van der Waals surface area contributed by atoms with E-state index in [1.807, 2.05) is 42.5 Å². The first kappa shape index (κ1) is 17.7. The molecule has 132 valence electrons. The fourth-order valence-electron chi connectivity index (χ4n) is 2.58. The maximum atomic E-state index is 12.2. The van der Waals surface area contributed by atoms with Crippen molar-refractivity contribution in [2.75, 3.05) is 10.6 Å². The number of benzene rings is 2. The molecule has 3 rings (SSSR count). The van der Waals surface area contributed by atoms with Gasteiger partial charge in [0.05, 0.1) is 0 Å². The smallest absolute Gasteiger partial charge is 0.339 e. The van der Waals surface area contributed by atoms with Gasteiger partial charge in [0.25, 0.3) is 0 Å². The summed E-state index contributed by atoms with van der Waals surface area (Å²) in [6, 6.07) is 16.3. The number of anilines is 2. The Balaban J connectivity index is 1.85. The van der Waals surface area contributed by atoms with Gasteiger partial charge in [0.1, 0.15) is 10.6 Å². The van der Waals surface area contributed by atoms with E-state index < -0.39 is 12.0 Å². The van der Waals surface area contributed by atoms with Crippen molar-refractivity contribution >= 4 is 34.0 Å². The van der Waals surface area contributed by atoms with Crippen LogP contribution in [0.25, 0.3) is 11.1 Å². The Morgan fingerprint density at radius 3 is 2.31 bits per heavy atom. The van der Waals surface area contributed by atoms with Gasteiger partial charge in [-0.2, -0.15) is 0 Å². The number of aromatic carboxylic acids is 1. The SMILES string of the molecule is CCc1ccc(-c2csc(NC(=O)Nc3ccccc3)c2C(=O)O)cc1. The lowest BCUT2D eigenvalue weighted by atomic mass is 10.0. The summed E-state index contributed by atoms with van der Waals surface area (Å²) in [5.41, 5.74) is 3.32. The van der Waals surface area contributed by atoms with Crippen LogP contribution in [0.1, 0.15) is 22.8 Å². The molecule has 26 heavy (non-hydrogen) atoms. The molecule has 0 aliphatic carbocycles. The summed E-state index contributed by atoms with van der Waals surface area (Å²) in [5.74, 6) is -1.07. The van der Waals surface area contributed by atoms with Gasteiger partial charge in [-0.05, 0) is 29.7 Å². The van der Waals surface area contributed by atoms with Gasteiger partial charge in [-0.15, -0.1) is 11.3 Å². The fraction of sp³-hybridized carbons (Fsp3) is 0.100. The summed E-state index contributed by atoms with van der Waals surface area (Å²) in [5, 5.41) is 17.0. The van der Waals surface area contributed by atoms with E-state index >= 15 is 0 Å². The molecule has 0 saturated carbocycles. The zero-order valence-corrected chi connectivity index (χ0v) is 15.0. The number of aryl methyl sites for hydroxylation is 1. The minimum Gasteiger partial charge on any atom is -0.478 e. The van der Waals surface area contributed by atoms with E-state index in [-0.39, 0.29) is 5.56 Å². The van der Waals surface area contributed by atoms with Crippen LogP contribution < -0.4 is 10.6 Å². The molecule has 6 heteroatoms. The zero-order valence-electron chi connectivity index (χ0n) is 14.2. The minimum atomic E-state index is -1.07. The van der Waals surface area contributed by atoms with Crippen LogP contribution in [0, 0.1) is 0 Å². The van der Waals surface area contributed by atoms with E-state index in [1.165, 1.54) is 16.9 Å². The number of carbonyl (C=O) groups excluding carboxylic acids is 1. The van der Waals surface area contributed by atoms with Crippen LogP contribution in [0.4, 0.5) is 15.5 Å². The topological polar surface area (TPSA) is 78.4 Å². The van der Waals surface area contributed by atoms with Crippen molar-refractivity contribution in [1.29, 1.82) is 0 Å². The maximum absolute atomic E-state index is 12.2. The quantitative estimate of drug-likeness (QED) is 0.572. The Hall–Kier alpha value is -3.12. The van der Waals surface area contributed by atoms with Crippen molar-refractivity contribution in [3.8, 4) is 11.1 Å². The monoisotopic (exact) mass is 366 g/mol. The summed E-state index contributed by atoms with van der Waals surface area (Å²) >= 11 is 1.20. The molecule has 1 aromatic heterocycles. The Kier molecular flexibility index (Phi) is 5.34. The third-order valence-corrected chi connectivity index (χ3v) is 4.83. The summed E-state index contributed by atoms with van der Waals surface area (Å²) in [7, 11) is 0. The number of urea groups is 1. The molecule has 2 aromatic carbocycles. The van der Waals surface area contributed by atoms with Crippen LogP contribution in [0.5, 0.6) is 0 Å². The molecule has 0 fully saturated rings. The van der Waals surface area contributed by atoms with Crippen LogP contribution in [0.15, 0.2) is 60.0 Å². The average molecular weight is 366 g/mol. The van der Waals surface area contributed by atoms with Gasteiger partial charge >= 0.3 is 12.0 Å². The first-order valence-electron chi connectivity index (χ1n) is 8.15. The second kappa shape index (κ2) is 7.84. The first-order chi connectivity index (χ1) is 12.6. The Morgan fingerprint density at radius 1 is 1.00 bits per heavy atom. The molecule has 3 aromatic rings. The predicted octanol–water partition coefficient (Wildman–Crippen LogP) is 5.32. The minimum absolute atomic E-state index is 0.0995. The maximum Gasteiger partial charge on any atom is 0.339 e. The number of thiophene rings is 1. The lowest BCUT2D eigenvalue weighted by molar-refractivity contribution is 0.0699. The van der Waals surface area contributed by atoms with Crippen LogP contribution >= 0.6 is 11.3 Å². The largest absolute Gasteiger partial charge is 0.478 e. The highest BCUT2D eigenvalue weighted by atomic mass is 32.1.